The molecule has 0 radical (unpaired) electrons. The largest absolute Gasteiger partial charge is 0.497 e. The van der Waals surface area contributed by atoms with Gasteiger partial charge in [0.1, 0.15) is 5.75 Å². The zero-order valence-electron chi connectivity index (χ0n) is 13.4. The number of amides is 1. The van der Waals surface area contributed by atoms with Gasteiger partial charge in [-0.05, 0) is 44.0 Å². The van der Waals surface area contributed by atoms with Crippen LogP contribution in [0.5, 0.6) is 5.75 Å². The minimum atomic E-state index is -0.817. The van der Waals surface area contributed by atoms with Crippen molar-refractivity contribution in [2.45, 2.75) is 25.8 Å². The number of ether oxygens (including phenoxy) is 1. The average molecular weight is 330 g/mol. The lowest BCUT2D eigenvalue weighted by molar-refractivity contribution is -0.145. The lowest BCUT2D eigenvalue weighted by Gasteiger charge is -2.32. The van der Waals surface area contributed by atoms with E-state index in [0.29, 0.717) is 18.5 Å². The van der Waals surface area contributed by atoms with Gasteiger partial charge in [0.05, 0.1) is 24.4 Å². The minimum Gasteiger partial charge on any atom is -0.497 e. The van der Waals surface area contributed by atoms with Crippen LogP contribution in [0.3, 0.4) is 0 Å². The summed E-state index contributed by atoms with van der Waals surface area (Å²) in [6.07, 6.45) is 0.902. The predicted octanol–water partition coefficient (Wildman–Crippen LogP) is 1.18. The van der Waals surface area contributed by atoms with Crippen molar-refractivity contribution in [1.29, 1.82) is 0 Å². The molecule has 1 fully saturated rings. The number of nitrogens with one attached hydrogen (secondary N) is 1. The van der Waals surface area contributed by atoms with Gasteiger partial charge in [-0.3, -0.25) is 9.59 Å². The van der Waals surface area contributed by atoms with Crippen LogP contribution in [-0.4, -0.2) is 45.1 Å². The highest BCUT2D eigenvalue weighted by atomic mass is 16.5. The summed E-state index contributed by atoms with van der Waals surface area (Å²) < 4.78 is 6.69. The van der Waals surface area contributed by atoms with Crippen LogP contribution in [0.25, 0.3) is 5.69 Å². The van der Waals surface area contributed by atoms with Gasteiger partial charge in [0.25, 0.3) is 5.91 Å². The molecular formula is C16H18N4O4. The third-order valence-corrected chi connectivity index (χ3v) is 4.25. The van der Waals surface area contributed by atoms with Gasteiger partial charge in [0, 0.05) is 6.04 Å². The summed E-state index contributed by atoms with van der Waals surface area (Å²) in [4.78, 5) is 23.1. The van der Waals surface area contributed by atoms with Crippen LogP contribution >= 0.6 is 0 Å². The number of carboxylic acid groups (broad SMARTS) is 1. The number of methoxy groups -OCH3 is 1. The third kappa shape index (κ3) is 2.94. The van der Waals surface area contributed by atoms with Crippen molar-refractivity contribution in [2.24, 2.45) is 5.92 Å². The van der Waals surface area contributed by atoms with Crippen LogP contribution in [-0.2, 0) is 4.79 Å². The maximum absolute atomic E-state index is 12.3. The maximum atomic E-state index is 12.3. The Morgan fingerprint density at radius 2 is 1.96 bits per heavy atom. The van der Waals surface area contributed by atoms with Gasteiger partial charge in [0.15, 0.2) is 5.69 Å². The molecule has 0 unspecified atom stereocenters. The summed E-state index contributed by atoms with van der Waals surface area (Å²) in [7, 11) is 1.59. The van der Waals surface area contributed by atoms with Crippen LogP contribution in [0, 0.1) is 12.8 Å². The average Bonchev–Trinajstić information content (AvgIpc) is 2.91. The van der Waals surface area contributed by atoms with E-state index in [1.165, 1.54) is 0 Å². The van der Waals surface area contributed by atoms with E-state index in [1.807, 2.05) is 12.1 Å². The first-order valence-electron chi connectivity index (χ1n) is 7.60. The van der Waals surface area contributed by atoms with Crippen molar-refractivity contribution in [2.75, 3.05) is 7.11 Å². The number of carboxylic acids is 1. The molecule has 1 amide bonds. The maximum Gasteiger partial charge on any atom is 0.306 e. The summed E-state index contributed by atoms with van der Waals surface area (Å²) >= 11 is 0. The highest BCUT2D eigenvalue weighted by Crippen LogP contribution is 2.27. The summed E-state index contributed by atoms with van der Waals surface area (Å²) in [5.41, 5.74) is 1.63. The van der Waals surface area contributed by atoms with Crippen molar-refractivity contribution >= 4 is 11.9 Å². The normalized spacial score (nSPS) is 19.4. The van der Waals surface area contributed by atoms with E-state index < -0.39 is 5.97 Å². The molecule has 3 rings (SSSR count). The molecule has 8 heteroatoms. The van der Waals surface area contributed by atoms with Gasteiger partial charge in [-0.1, -0.05) is 5.21 Å². The molecule has 8 nitrogen and oxygen atoms in total. The number of carbonyl (C=O) groups is 2. The molecule has 1 heterocycles. The van der Waals surface area contributed by atoms with E-state index >= 15 is 0 Å². The summed E-state index contributed by atoms with van der Waals surface area (Å²) in [6.45, 7) is 1.76. The Labute approximate surface area is 138 Å². The Balaban J connectivity index is 1.70. The van der Waals surface area contributed by atoms with E-state index in [2.05, 4.69) is 15.6 Å². The predicted molar refractivity (Wildman–Crippen MR) is 84.3 cm³/mol. The number of benzene rings is 1. The van der Waals surface area contributed by atoms with E-state index in [-0.39, 0.29) is 23.6 Å². The second-order valence-electron chi connectivity index (χ2n) is 5.81. The quantitative estimate of drug-likeness (QED) is 0.852. The monoisotopic (exact) mass is 330 g/mol. The molecule has 1 aliphatic rings. The summed E-state index contributed by atoms with van der Waals surface area (Å²) in [5, 5.41) is 19.7. The number of aromatic nitrogens is 3. The zero-order valence-corrected chi connectivity index (χ0v) is 13.4. The highest BCUT2D eigenvalue weighted by molar-refractivity contribution is 5.93. The van der Waals surface area contributed by atoms with Crippen LogP contribution in [0.15, 0.2) is 24.3 Å². The van der Waals surface area contributed by atoms with Gasteiger partial charge in [-0.25, -0.2) is 4.68 Å². The number of aliphatic carboxylic acids is 1. The molecule has 1 saturated carbocycles. The number of nitrogens with zero attached hydrogens (tertiary/aromatic N) is 3. The lowest BCUT2D eigenvalue weighted by Crippen LogP contribution is -2.46. The molecule has 1 aromatic heterocycles. The van der Waals surface area contributed by atoms with E-state index in [9.17, 15) is 9.59 Å². The molecule has 2 N–H and O–H groups in total. The number of rotatable bonds is 5. The smallest absolute Gasteiger partial charge is 0.306 e. The Kier molecular flexibility index (Phi) is 4.20. The van der Waals surface area contributed by atoms with Crippen molar-refractivity contribution in [1.82, 2.24) is 20.3 Å². The molecule has 0 bridgehead atoms. The first kappa shape index (κ1) is 16.0. The fraction of sp³-hybridized carbons (Fsp3) is 0.375. The Morgan fingerprint density at radius 3 is 2.54 bits per heavy atom. The van der Waals surface area contributed by atoms with Gasteiger partial charge < -0.3 is 15.2 Å². The van der Waals surface area contributed by atoms with Crippen molar-refractivity contribution < 1.29 is 19.4 Å². The van der Waals surface area contributed by atoms with Crippen molar-refractivity contribution in [3.8, 4) is 11.4 Å². The number of hydrogen-bond donors (Lipinski definition) is 2. The Morgan fingerprint density at radius 1 is 1.29 bits per heavy atom. The molecule has 1 aromatic carbocycles. The summed E-state index contributed by atoms with van der Waals surface area (Å²) in [5.74, 6) is -0.790. The van der Waals surface area contributed by atoms with Crippen LogP contribution in [0.4, 0.5) is 0 Å². The fourth-order valence-electron chi connectivity index (χ4n) is 2.70. The minimum absolute atomic E-state index is 0.121. The third-order valence-electron chi connectivity index (χ3n) is 4.25. The second kappa shape index (κ2) is 6.31. The first-order valence-corrected chi connectivity index (χ1v) is 7.60. The van der Waals surface area contributed by atoms with Gasteiger partial charge >= 0.3 is 5.97 Å². The first-order chi connectivity index (χ1) is 11.5. The number of carbonyl (C=O) groups excluding carboxylic acids is 1. The van der Waals surface area contributed by atoms with Gasteiger partial charge in [-0.15, -0.1) is 5.10 Å². The molecular weight excluding hydrogens is 312 g/mol. The molecule has 2 aromatic rings. The van der Waals surface area contributed by atoms with Crippen molar-refractivity contribution in [3.63, 3.8) is 0 Å². The molecule has 126 valence electrons. The summed E-state index contributed by atoms with van der Waals surface area (Å²) in [6, 6.07) is 7.13. The number of hydrogen-bond acceptors (Lipinski definition) is 5. The highest BCUT2D eigenvalue weighted by Gasteiger charge is 2.36. The molecule has 0 spiro atoms. The second-order valence-corrected chi connectivity index (χ2v) is 5.81. The molecule has 1 aliphatic carbocycles. The van der Waals surface area contributed by atoms with Crippen molar-refractivity contribution in [3.05, 3.63) is 35.7 Å². The molecule has 0 aliphatic heterocycles. The van der Waals surface area contributed by atoms with Gasteiger partial charge in [-0.2, -0.15) is 0 Å². The van der Waals surface area contributed by atoms with Crippen LogP contribution in [0.2, 0.25) is 0 Å². The van der Waals surface area contributed by atoms with E-state index in [1.54, 1.807) is 30.8 Å². The molecule has 24 heavy (non-hydrogen) atoms. The van der Waals surface area contributed by atoms with Gasteiger partial charge in [0.2, 0.25) is 0 Å². The molecule has 0 saturated heterocycles. The zero-order chi connectivity index (χ0) is 17.3. The standard InChI is InChI=1S/C16H18N4O4/c1-9-14(15(21)17-11-7-10(8-11)16(22)23)18-19-20(9)12-3-5-13(24-2)6-4-12/h3-6,10-11H,7-8H2,1-2H3,(H,17,21)(H,22,23). The molecule has 0 atom stereocenters. The Hall–Kier alpha value is -2.90. The van der Waals surface area contributed by atoms with E-state index in [4.69, 9.17) is 9.84 Å². The lowest BCUT2D eigenvalue weighted by atomic mass is 9.80. The fourth-order valence-corrected chi connectivity index (χ4v) is 2.70. The van der Waals surface area contributed by atoms with E-state index in [0.717, 1.165) is 11.4 Å². The topological polar surface area (TPSA) is 106 Å². The van der Waals surface area contributed by atoms with Crippen LogP contribution < -0.4 is 10.1 Å². The Bertz CT molecular complexity index is 763. The SMILES string of the molecule is COc1ccc(-n2nnc(C(=O)NC3CC(C(=O)O)C3)c2C)cc1. The van der Waals surface area contributed by atoms with Crippen LogP contribution in [0.1, 0.15) is 29.0 Å².